The lowest BCUT2D eigenvalue weighted by molar-refractivity contribution is -0.870. The van der Waals surface area contributed by atoms with Crippen molar-refractivity contribution in [3.05, 3.63) is 85.1 Å². The zero-order valence-electron chi connectivity index (χ0n) is 69.8. The number of esters is 2. The van der Waals surface area contributed by atoms with Gasteiger partial charge in [-0.05, 0) is 89.9 Å². The van der Waals surface area contributed by atoms with E-state index in [1.165, 1.54) is 347 Å². The van der Waals surface area contributed by atoms with Crippen LogP contribution in [0.2, 0.25) is 0 Å². The molecule has 0 aromatic heterocycles. The van der Waals surface area contributed by atoms with Gasteiger partial charge >= 0.3 is 19.8 Å². The van der Waals surface area contributed by atoms with Crippen molar-refractivity contribution in [2.45, 2.75) is 457 Å². The standard InChI is InChI=1S/C94H174NO8P/c1-6-8-10-12-14-16-18-20-22-24-26-28-30-32-34-36-38-40-42-44-46-47-49-50-52-54-56-58-60-62-64-66-68-70-72-74-76-78-80-82-84-86-93(96)100-90-92(91-102-104(98,99)101-89-88-95(3,4)5)103-94(97)87-85-83-81-79-77-75-73-71-69-67-65-63-61-59-57-55-53-51-48-45-43-41-39-37-35-33-31-29-27-25-23-21-19-17-15-13-11-9-7-2/h9,11,15,17,21,23-24,26-27,29,33,35,39,41,92H,6-8,10,12-14,16,18-20,22,25,28,30-32,34,36-38,40,42-91H2,1-5H3/p+1/b11-9-,17-15-,23-21-,26-24-,29-27-,35-33-,41-39-. The van der Waals surface area contributed by atoms with E-state index in [9.17, 15) is 19.0 Å². The summed E-state index contributed by atoms with van der Waals surface area (Å²) < 4.78 is 34.9. The first-order valence-electron chi connectivity index (χ1n) is 45.3. The predicted octanol–water partition coefficient (Wildman–Crippen LogP) is 30.7. The third-order valence-corrected chi connectivity index (χ3v) is 21.4. The Morgan fingerprint density at radius 2 is 0.548 bits per heavy atom. The number of likely N-dealkylation sites (N-methyl/N-ethyl adjacent to an activating group) is 1. The van der Waals surface area contributed by atoms with Crippen LogP contribution in [0.15, 0.2) is 85.1 Å². The minimum Gasteiger partial charge on any atom is -0.462 e. The summed E-state index contributed by atoms with van der Waals surface area (Å²) >= 11 is 0. The van der Waals surface area contributed by atoms with E-state index in [1.807, 2.05) is 21.1 Å². The zero-order valence-corrected chi connectivity index (χ0v) is 70.7. The number of rotatable bonds is 85. The van der Waals surface area contributed by atoms with E-state index in [1.54, 1.807) is 0 Å². The molecule has 10 heteroatoms. The van der Waals surface area contributed by atoms with Gasteiger partial charge in [0.15, 0.2) is 6.10 Å². The summed E-state index contributed by atoms with van der Waals surface area (Å²) in [5, 5.41) is 0. The van der Waals surface area contributed by atoms with Gasteiger partial charge in [0.2, 0.25) is 0 Å². The van der Waals surface area contributed by atoms with Crippen LogP contribution in [0.4, 0.5) is 0 Å². The second kappa shape index (κ2) is 84.2. The van der Waals surface area contributed by atoms with E-state index in [4.69, 9.17) is 18.5 Å². The van der Waals surface area contributed by atoms with Crippen molar-refractivity contribution in [3.63, 3.8) is 0 Å². The van der Waals surface area contributed by atoms with Gasteiger partial charge in [-0.1, -0.05) is 433 Å². The second-order valence-electron chi connectivity index (χ2n) is 32.0. The molecule has 2 unspecified atom stereocenters. The topological polar surface area (TPSA) is 108 Å². The number of hydrogen-bond donors (Lipinski definition) is 1. The lowest BCUT2D eigenvalue weighted by Gasteiger charge is -2.24. The van der Waals surface area contributed by atoms with Crippen LogP contribution in [0.1, 0.15) is 450 Å². The maximum absolute atomic E-state index is 13.0. The molecule has 0 bridgehead atoms. The van der Waals surface area contributed by atoms with Crippen LogP contribution >= 0.6 is 7.82 Å². The number of phosphoric ester groups is 1. The highest BCUT2D eigenvalue weighted by Crippen LogP contribution is 2.43. The second-order valence-corrected chi connectivity index (χ2v) is 33.4. The molecule has 0 aliphatic carbocycles. The smallest absolute Gasteiger partial charge is 0.462 e. The molecule has 0 fully saturated rings. The summed E-state index contributed by atoms with van der Waals surface area (Å²) in [4.78, 5) is 36.1. The van der Waals surface area contributed by atoms with Crippen LogP contribution in [0.3, 0.4) is 0 Å². The summed E-state index contributed by atoms with van der Waals surface area (Å²) in [6.07, 6.45) is 118. The van der Waals surface area contributed by atoms with Crippen molar-refractivity contribution in [2.24, 2.45) is 0 Å². The van der Waals surface area contributed by atoms with Crippen LogP contribution in [-0.2, 0) is 32.7 Å². The number of allylic oxidation sites excluding steroid dienone is 14. The number of carbonyl (C=O) groups is 2. The molecule has 2 atom stereocenters. The highest BCUT2D eigenvalue weighted by atomic mass is 31.2. The zero-order chi connectivity index (χ0) is 75.4. The average Bonchev–Trinajstić information content (AvgIpc) is 0.915. The Kier molecular flexibility index (Phi) is 81.9. The Morgan fingerprint density at radius 1 is 0.308 bits per heavy atom. The number of hydrogen-bond acceptors (Lipinski definition) is 7. The Labute approximate surface area is 647 Å². The highest BCUT2D eigenvalue weighted by Gasteiger charge is 2.27. The van der Waals surface area contributed by atoms with Crippen molar-refractivity contribution in [2.75, 3.05) is 47.5 Å². The minimum atomic E-state index is -4.40. The Balaban J connectivity index is 3.85. The molecule has 0 rings (SSSR count). The van der Waals surface area contributed by atoms with Gasteiger partial charge in [-0.3, -0.25) is 18.6 Å². The summed E-state index contributed by atoms with van der Waals surface area (Å²) in [7, 11) is 1.50. The van der Waals surface area contributed by atoms with Crippen LogP contribution in [0.25, 0.3) is 0 Å². The van der Waals surface area contributed by atoms with E-state index in [0.29, 0.717) is 23.9 Å². The first-order valence-corrected chi connectivity index (χ1v) is 46.8. The fourth-order valence-electron chi connectivity index (χ4n) is 13.6. The fourth-order valence-corrected chi connectivity index (χ4v) is 14.3. The molecule has 9 nitrogen and oxygen atoms in total. The number of unbranched alkanes of at least 4 members (excludes halogenated alkanes) is 57. The minimum absolute atomic E-state index is 0.0333. The maximum atomic E-state index is 13.0. The molecule has 0 aromatic rings. The quantitative estimate of drug-likeness (QED) is 0.0211. The summed E-state index contributed by atoms with van der Waals surface area (Å²) in [5.74, 6) is -0.773. The highest BCUT2D eigenvalue weighted by molar-refractivity contribution is 7.47. The first kappa shape index (κ1) is 101. The average molecular weight is 1480 g/mol. The Bertz CT molecular complexity index is 2040. The van der Waals surface area contributed by atoms with Crippen molar-refractivity contribution in [1.29, 1.82) is 0 Å². The van der Waals surface area contributed by atoms with Crippen LogP contribution < -0.4 is 0 Å². The molecule has 0 spiro atoms. The van der Waals surface area contributed by atoms with Crippen LogP contribution in [0.5, 0.6) is 0 Å². The molecule has 0 aromatic carbocycles. The molecule has 0 saturated carbocycles. The number of ether oxygens (including phenoxy) is 2. The largest absolute Gasteiger partial charge is 0.472 e. The molecule has 104 heavy (non-hydrogen) atoms. The number of quaternary nitrogens is 1. The lowest BCUT2D eigenvalue weighted by atomic mass is 10.0. The number of nitrogens with zero attached hydrogens (tertiary/aromatic N) is 1. The molecule has 0 amide bonds. The summed E-state index contributed by atoms with van der Waals surface area (Å²) in [6.45, 7) is 4.39. The van der Waals surface area contributed by atoms with Gasteiger partial charge < -0.3 is 18.9 Å². The van der Waals surface area contributed by atoms with Gasteiger partial charge in [0, 0.05) is 12.8 Å². The van der Waals surface area contributed by atoms with Crippen molar-refractivity contribution in [3.8, 4) is 0 Å². The predicted molar refractivity (Wildman–Crippen MR) is 455 cm³/mol. The number of phosphoric acid groups is 1. The van der Waals surface area contributed by atoms with Crippen LogP contribution in [-0.4, -0.2) is 74.9 Å². The molecule has 1 N–H and O–H groups in total. The summed E-state index contributed by atoms with van der Waals surface area (Å²) in [6, 6.07) is 0. The fraction of sp³-hybridized carbons (Fsp3) is 0.830. The van der Waals surface area contributed by atoms with Gasteiger partial charge in [-0.2, -0.15) is 0 Å². The molecule has 0 aliphatic heterocycles. The third-order valence-electron chi connectivity index (χ3n) is 20.4. The van der Waals surface area contributed by atoms with Crippen molar-refractivity contribution in [1.82, 2.24) is 0 Å². The number of carbonyl (C=O) groups excluding carboxylic acids is 2. The molecule has 0 radical (unpaired) electrons. The van der Waals surface area contributed by atoms with E-state index >= 15 is 0 Å². The molecular formula is C94H175NO8P+. The van der Waals surface area contributed by atoms with E-state index < -0.39 is 26.5 Å². The van der Waals surface area contributed by atoms with Gasteiger partial charge in [0.1, 0.15) is 19.8 Å². The van der Waals surface area contributed by atoms with E-state index in [0.717, 1.165) is 70.6 Å². The van der Waals surface area contributed by atoms with Crippen LogP contribution in [0, 0.1) is 0 Å². The van der Waals surface area contributed by atoms with Gasteiger partial charge in [-0.15, -0.1) is 0 Å². The summed E-state index contributed by atoms with van der Waals surface area (Å²) in [5.41, 5.74) is 0. The van der Waals surface area contributed by atoms with Gasteiger partial charge in [0.25, 0.3) is 0 Å². The van der Waals surface area contributed by atoms with E-state index in [-0.39, 0.29) is 25.6 Å². The maximum Gasteiger partial charge on any atom is 0.472 e. The van der Waals surface area contributed by atoms with Crippen molar-refractivity contribution >= 4 is 19.8 Å². The molecule has 0 saturated heterocycles. The monoisotopic (exact) mass is 1480 g/mol. The Morgan fingerprint density at radius 3 is 0.827 bits per heavy atom. The van der Waals surface area contributed by atoms with E-state index in [2.05, 4.69) is 98.9 Å². The van der Waals surface area contributed by atoms with Gasteiger partial charge in [-0.25, -0.2) is 4.57 Å². The SMILES string of the molecule is CC/C=C\C/C=C\C/C=C\C/C=C\C/C=C\C/C=C\CCCCCCCCCCCCCCCCCCCCCCC(=O)OC(COC(=O)CCCCCCCCCCCCCCCCCCCCCCCCCCCCCCC/C=C\CCCCCCCCCC)COP(=O)(O)OCC[N+](C)(C)C. The Hall–Kier alpha value is -2.81. The lowest BCUT2D eigenvalue weighted by Crippen LogP contribution is -2.37. The molecule has 0 aliphatic rings. The normalized spacial score (nSPS) is 13.3. The molecule has 608 valence electrons. The molecule has 0 heterocycles. The first-order chi connectivity index (χ1) is 51.0. The van der Waals surface area contributed by atoms with Crippen molar-refractivity contribution < 1.29 is 42.1 Å². The van der Waals surface area contributed by atoms with Gasteiger partial charge in [0.05, 0.1) is 27.7 Å². The molecular weight excluding hydrogens is 1300 g/mol. The third kappa shape index (κ3) is 88.1.